The lowest BCUT2D eigenvalue weighted by molar-refractivity contribution is 0.190. The van der Waals surface area contributed by atoms with Gasteiger partial charge in [0.05, 0.1) is 16.6 Å². The monoisotopic (exact) mass is 383 g/mol. The SMILES string of the molecule is COCCCn1ccc2nc3nc(C)nn3c(-c3ccccc3Cl)c2c1=O. The Morgan fingerprint density at radius 2 is 2.00 bits per heavy atom. The number of pyridine rings is 1. The molecule has 4 rings (SSSR count). The number of aromatic nitrogens is 5. The van der Waals surface area contributed by atoms with Gasteiger partial charge in [0.15, 0.2) is 0 Å². The molecule has 0 aliphatic rings. The first-order valence-corrected chi connectivity index (χ1v) is 8.98. The minimum absolute atomic E-state index is 0.138. The van der Waals surface area contributed by atoms with Crippen LogP contribution in [0.4, 0.5) is 0 Å². The molecule has 138 valence electrons. The van der Waals surface area contributed by atoms with Crippen LogP contribution in [0.3, 0.4) is 0 Å². The minimum Gasteiger partial charge on any atom is -0.385 e. The fourth-order valence-corrected chi connectivity index (χ4v) is 3.40. The van der Waals surface area contributed by atoms with Gasteiger partial charge in [0.2, 0.25) is 0 Å². The molecule has 0 aliphatic heterocycles. The van der Waals surface area contributed by atoms with E-state index in [1.54, 1.807) is 35.4 Å². The highest BCUT2D eigenvalue weighted by Gasteiger charge is 2.19. The van der Waals surface area contributed by atoms with Crippen LogP contribution in [0.2, 0.25) is 5.02 Å². The minimum atomic E-state index is -0.138. The molecular weight excluding hydrogens is 366 g/mol. The molecule has 0 unspecified atom stereocenters. The molecule has 1 aromatic carbocycles. The van der Waals surface area contributed by atoms with Crippen LogP contribution in [-0.2, 0) is 11.3 Å². The lowest BCUT2D eigenvalue weighted by Crippen LogP contribution is -2.22. The first kappa shape index (κ1) is 17.6. The van der Waals surface area contributed by atoms with Gasteiger partial charge in [-0.3, -0.25) is 4.79 Å². The molecule has 0 bridgehead atoms. The number of fused-ring (bicyclic) bond motifs is 2. The summed E-state index contributed by atoms with van der Waals surface area (Å²) in [5, 5.41) is 5.45. The van der Waals surface area contributed by atoms with E-state index in [4.69, 9.17) is 16.3 Å². The Morgan fingerprint density at radius 1 is 1.19 bits per heavy atom. The van der Waals surface area contributed by atoms with Crippen LogP contribution in [0.15, 0.2) is 41.3 Å². The van der Waals surface area contributed by atoms with Gasteiger partial charge in [0.1, 0.15) is 5.82 Å². The van der Waals surface area contributed by atoms with Crippen LogP contribution in [-0.4, -0.2) is 37.9 Å². The molecule has 0 aliphatic carbocycles. The third-order valence-corrected chi connectivity index (χ3v) is 4.71. The van der Waals surface area contributed by atoms with Gasteiger partial charge in [-0.2, -0.15) is 9.50 Å². The van der Waals surface area contributed by atoms with Crippen molar-refractivity contribution in [3.8, 4) is 11.3 Å². The number of hydrogen-bond acceptors (Lipinski definition) is 5. The Bertz CT molecular complexity index is 1200. The van der Waals surface area contributed by atoms with E-state index in [9.17, 15) is 4.79 Å². The predicted octanol–water partition coefficient (Wildman–Crippen LogP) is 3.10. The number of nitrogens with zero attached hydrogens (tertiary/aromatic N) is 5. The molecule has 0 fully saturated rings. The van der Waals surface area contributed by atoms with Crippen LogP contribution in [0.25, 0.3) is 27.9 Å². The Kier molecular flexibility index (Phi) is 4.63. The summed E-state index contributed by atoms with van der Waals surface area (Å²) in [5.74, 6) is 1.01. The lowest BCUT2D eigenvalue weighted by Gasteiger charge is -2.12. The number of rotatable bonds is 5. The fraction of sp³-hybridized carbons (Fsp3) is 0.263. The van der Waals surface area contributed by atoms with Crippen molar-refractivity contribution in [2.24, 2.45) is 0 Å². The zero-order chi connectivity index (χ0) is 19.0. The molecule has 8 heteroatoms. The maximum absolute atomic E-state index is 13.3. The van der Waals surface area contributed by atoms with E-state index in [2.05, 4.69) is 15.1 Å². The smallest absolute Gasteiger partial charge is 0.262 e. The van der Waals surface area contributed by atoms with E-state index in [-0.39, 0.29) is 5.56 Å². The molecule has 0 radical (unpaired) electrons. The van der Waals surface area contributed by atoms with Gasteiger partial charge in [0.25, 0.3) is 11.3 Å². The number of methoxy groups -OCH3 is 1. The summed E-state index contributed by atoms with van der Waals surface area (Å²) >= 11 is 6.45. The molecule has 0 N–H and O–H groups in total. The zero-order valence-corrected chi connectivity index (χ0v) is 15.8. The van der Waals surface area contributed by atoms with Crippen LogP contribution in [0.1, 0.15) is 12.2 Å². The molecule has 0 atom stereocenters. The maximum Gasteiger partial charge on any atom is 0.262 e. The standard InChI is InChI=1S/C19H18ClN5O2/c1-12-21-19-22-15-8-10-24(9-5-11-27-2)18(26)16(15)17(25(19)23-12)13-6-3-4-7-14(13)20/h3-4,6-8,10H,5,9,11H2,1-2H3. The van der Waals surface area contributed by atoms with E-state index in [0.29, 0.717) is 51.9 Å². The number of aryl methyl sites for hydroxylation is 2. The summed E-state index contributed by atoms with van der Waals surface area (Å²) in [5.41, 5.74) is 1.75. The highest BCUT2D eigenvalue weighted by molar-refractivity contribution is 6.33. The molecule has 27 heavy (non-hydrogen) atoms. The summed E-state index contributed by atoms with van der Waals surface area (Å²) in [6.45, 7) is 2.93. The van der Waals surface area contributed by atoms with E-state index in [0.717, 1.165) is 6.42 Å². The van der Waals surface area contributed by atoms with E-state index >= 15 is 0 Å². The first-order chi connectivity index (χ1) is 13.1. The molecule has 0 saturated carbocycles. The van der Waals surface area contributed by atoms with E-state index < -0.39 is 0 Å². The van der Waals surface area contributed by atoms with Crippen molar-refractivity contribution in [1.82, 2.24) is 24.1 Å². The summed E-state index contributed by atoms with van der Waals surface area (Å²) in [6, 6.07) is 9.22. The van der Waals surface area contributed by atoms with Crippen LogP contribution in [0.5, 0.6) is 0 Å². The second-order valence-corrected chi connectivity index (χ2v) is 6.64. The van der Waals surface area contributed by atoms with Gasteiger partial charge in [0, 0.05) is 37.0 Å². The Balaban J connectivity index is 2.07. The summed E-state index contributed by atoms with van der Waals surface area (Å²) in [4.78, 5) is 22.1. The number of halogens is 1. The topological polar surface area (TPSA) is 74.3 Å². The largest absolute Gasteiger partial charge is 0.385 e. The lowest BCUT2D eigenvalue weighted by atomic mass is 10.1. The molecule has 3 heterocycles. The zero-order valence-electron chi connectivity index (χ0n) is 15.0. The van der Waals surface area contributed by atoms with Crippen molar-refractivity contribution >= 4 is 28.3 Å². The third kappa shape index (κ3) is 3.09. The normalized spacial score (nSPS) is 11.5. The molecule has 3 aromatic heterocycles. The number of hydrogen-bond donors (Lipinski definition) is 0. The summed E-state index contributed by atoms with van der Waals surface area (Å²) in [7, 11) is 1.65. The van der Waals surface area contributed by atoms with E-state index in [1.807, 2.05) is 24.3 Å². The molecular formula is C19H18ClN5O2. The van der Waals surface area contributed by atoms with Gasteiger partial charge >= 0.3 is 0 Å². The van der Waals surface area contributed by atoms with Gasteiger partial charge in [-0.15, -0.1) is 5.10 Å². The summed E-state index contributed by atoms with van der Waals surface area (Å²) < 4.78 is 8.36. The fourth-order valence-electron chi connectivity index (χ4n) is 3.18. The highest BCUT2D eigenvalue weighted by Crippen LogP contribution is 2.31. The average molecular weight is 384 g/mol. The molecule has 0 saturated heterocycles. The first-order valence-electron chi connectivity index (χ1n) is 8.60. The molecule has 7 nitrogen and oxygen atoms in total. The van der Waals surface area contributed by atoms with Crippen molar-refractivity contribution in [3.05, 3.63) is 57.7 Å². The molecule has 0 spiro atoms. The quantitative estimate of drug-likeness (QED) is 0.495. The number of ether oxygens (including phenoxy) is 1. The van der Waals surface area contributed by atoms with Crippen molar-refractivity contribution < 1.29 is 4.74 Å². The van der Waals surface area contributed by atoms with Crippen LogP contribution >= 0.6 is 11.6 Å². The van der Waals surface area contributed by atoms with E-state index in [1.165, 1.54) is 0 Å². The van der Waals surface area contributed by atoms with Crippen molar-refractivity contribution in [2.75, 3.05) is 13.7 Å². The van der Waals surface area contributed by atoms with Crippen molar-refractivity contribution in [2.45, 2.75) is 19.9 Å². The van der Waals surface area contributed by atoms with Gasteiger partial charge in [-0.1, -0.05) is 29.8 Å². The Hall–Kier alpha value is -2.77. The predicted molar refractivity (Wildman–Crippen MR) is 104 cm³/mol. The Morgan fingerprint density at radius 3 is 2.78 bits per heavy atom. The second-order valence-electron chi connectivity index (χ2n) is 6.23. The molecule has 0 amide bonds. The summed E-state index contributed by atoms with van der Waals surface area (Å²) in [6.07, 6.45) is 2.49. The maximum atomic E-state index is 13.3. The van der Waals surface area contributed by atoms with Crippen molar-refractivity contribution in [1.29, 1.82) is 0 Å². The van der Waals surface area contributed by atoms with Gasteiger partial charge in [-0.05, 0) is 25.5 Å². The highest BCUT2D eigenvalue weighted by atomic mass is 35.5. The van der Waals surface area contributed by atoms with Crippen LogP contribution < -0.4 is 5.56 Å². The van der Waals surface area contributed by atoms with Crippen LogP contribution in [0, 0.1) is 6.92 Å². The third-order valence-electron chi connectivity index (χ3n) is 4.38. The average Bonchev–Trinajstić information content (AvgIpc) is 3.02. The van der Waals surface area contributed by atoms with Crippen molar-refractivity contribution in [3.63, 3.8) is 0 Å². The van der Waals surface area contributed by atoms with Gasteiger partial charge < -0.3 is 9.30 Å². The van der Waals surface area contributed by atoms with Gasteiger partial charge in [-0.25, -0.2) is 4.98 Å². The molecule has 4 aromatic rings. The number of benzene rings is 1. The second kappa shape index (κ2) is 7.09. The Labute approximate surface area is 160 Å².